The molecule has 5 nitrogen and oxygen atoms in total. The number of nitrogens with zero attached hydrogens (tertiary/aromatic N) is 2. The molecule has 0 aromatic carbocycles. The zero-order valence-electron chi connectivity index (χ0n) is 17.0. The van der Waals surface area contributed by atoms with Crippen molar-refractivity contribution in [1.29, 1.82) is 0 Å². The number of nitrogens with one attached hydrogen (secondary N) is 2. The summed E-state index contributed by atoms with van der Waals surface area (Å²) in [5.41, 5.74) is 1.25. The molecule has 0 unspecified atom stereocenters. The molecule has 0 saturated carbocycles. The first-order chi connectivity index (χ1) is 12.6. The smallest absolute Gasteiger partial charge is 0.191 e. The molecule has 0 aromatic heterocycles. The summed E-state index contributed by atoms with van der Waals surface area (Å²) in [5, 5.41) is 7.12. The molecule has 2 aliphatic heterocycles. The van der Waals surface area contributed by atoms with E-state index in [1.54, 1.807) is 0 Å². The lowest BCUT2D eigenvalue weighted by Gasteiger charge is -2.36. The molecule has 26 heavy (non-hydrogen) atoms. The first kappa shape index (κ1) is 21.6. The second-order valence-electron chi connectivity index (χ2n) is 7.58. The third kappa shape index (κ3) is 7.12. The van der Waals surface area contributed by atoms with Crippen molar-refractivity contribution < 1.29 is 4.74 Å². The minimum atomic E-state index is 0.250. The molecule has 6 heteroatoms. The van der Waals surface area contributed by atoms with Crippen LogP contribution in [0, 0.1) is 0 Å². The Morgan fingerprint density at radius 1 is 1.27 bits per heavy atom. The first-order valence-electron chi connectivity index (χ1n) is 10.2. The fourth-order valence-corrected chi connectivity index (χ4v) is 4.97. The van der Waals surface area contributed by atoms with Gasteiger partial charge in [-0.15, -0.1) is 0 Å². The van der Waals surface area contributed by atoms with Crippen molar-refractivity contribution in [3.63, 3.8) is 0 Å². The van der Waals surface area contributed by atoms with Crippen LogP contribution in [0.3, 0.4) is 0 Å². The molecule has 0 atom stereocenters. The average molecular weight is 383 g/mol. The van der Waals surface area contributed by atoms with Crippen molar-refractivity contribution in [3.05, 3.63) is 12.2 Å². The number of rotatable bonds is 8. The van der Waals surface area contributed by atoms with E-state index in [1.807, 2.05) is 0 Å². The Labute approximate surface area is 164 Å². The van der Waals surface area contributed by atoms with Crippen LogP contribution in [0.25, 0.3) is 0 Å². The van der Waals surface area contributed by atoms with Crippen molar-refractivity contribution >= 4 is 17.7 Å². The highest BCUT2D eigenvalue weighted by Crippen LogP contribution is 2.35. The predicted molar refractivity (Wildman–Crippen MR) is 114 cm³/mol. The van der Waals surface area contributed by atoms with E-state index in [-0.39, 0.29) is 4.75 Å². The summed E-state index contributed by atoms with van der Waals surface area (Å²) in [6.07, 6.45) is 4.54. The number of thioether (sulfide) groups is 1. The highest BCUT2D eigenvalue weighted by atomic mass is 32.2. The quantitative estimate of drug-likeness (QED) is 0.384. The van der Waals surface area contributed by atoms with Crippen LogP contribution < -0.4 is 10.6 Å². The SMILES string of the molecule is C=C(C)CN1CCC(NC(=NCC2(SCC)CCOCC2)NCC)CC1. The van der Waals surface area contributed by atoms with E-state index in [2.05, 4.69) is 54.6 Å². The molecular formula is C20H38N4OS. The number of aliphatic imine (C=N–C) groups is 1. The lowest BCUT2D eigenvalue weighted by molar-refractivity contribution is 0.0793. The van der Waals surface area contributed by atoms with Gasteiger partial charge in [-0.05, 0) is 45.3 Å². The van der Waals surface area contributed by atoms with E-state index in [4.69, 9.17) is 9.73 Å². The van der Waals surface area contributed by atoms with E-state index in [1.165, 1.54) is 18.4 Å². The Hall–Kier alpha value is -0.720. The normalized spacial score (nSPS) is 22.2. The van der Waals surface area contributed by atoms with Crippen LogP contribution in [0.5, 0.6) is 0 Å². The van der Waals surface area contributed by atoms with Gasteiger partial charge in [0.1, 0.15) is 0 Å². The highest BCUT2D eigenvalue weighted by Gasteiger charge is 2.32. The Morgan fingerprint density at radius 3 is 2.54 bits per heavy atom. The molecule has 2 N–H and O–H groups in total. The number of guanidine groups is 1. The van der Waals surface area contributed by atoms with Crippen LogP contribution in [0.15, 0.2) is 17.1 Å². The van der Waals surface area contributed by atoms with Crippen molar-refractivity contribution in [1.82, 2.24) is 15.5 Å². The average Bonchev–Trinajstić information content (AvgIpc) is 2.62. The fourth-order valence-electron chi connectivity index (χ4n) is 3.75. The van der Waals surface area contributed by atoms with Crippen molar-refractivity contribution in [2.24, 2.45) is 4.99 Å². The largest absolute Gasteiger partial charge is 0.381 e. The number of ether oxygens (including phenoxy) is 1. The van der Waals surface area contributed by atoms with Gasteiger partial charge in [0, 0.05) is 50.2 Å². The standard InChI is InChI=1S/C20H38N4OS/c1-5-21-19(22-16-20(26-6-2)9-13-25-14-10-20)23-18-7-11-24(12-8-18)15-17(3)4/h18H,3,5-16H2,1-2,4H3,(H2,21,22,23). The van der Waals surface area contributed by atoms with Gasteiger partial charge >= 0.3 is 0 Å². The zero-order valence-corrected chi connectivity index (χ0v) is 17.8. The number of hydrogen-bond acceptors (Lipinski definition) is 4. The van der Waals surface area contributed by atoms with Gasteiger partial charge in [-0.3, -0.25) is 9.89 Å². The molecule has 2 rings (SSSR count). The molecule has 2 heterocycles. The molecule has 0 bridgehead atoms. The van der Waals surface area contributed by atoms with Crippen LogP contribution in [0.2, 0.25) is 0 Å². The van der Waals surface area contributed by atoms with Gasteiger partial charge in [0.15, 0.2) is 5.96 Å². The fraction of sp³-hybridized carbons (Fsp3) is 0.850. The number of piperidine rings is 1. The van der Waals surface area contributed by atoms with Crippen LogP contribution >= 0.6 is 11.8 Å². The van der Waals surface area contributed by atoms with Crippen LogP contribution in [0.4, 0.5) is 0 Å². The van der Waals surface area contributed by atoms with Gasteiger partial charge in [-0.2, -0.15) is 11.8 Å². The van der Waals surface area contributed by atoms with Crippen molar-refractivity contribution in [3.8, 4) is 0 Å². The molecule has 0 radical (unpaired) electrons. The zero-order chi connectivity index (χ0) is 18.8. The molecule has 2 saturated heterocycles. The second-order valence-corrected chi connectivity index (χ2v) is 9.31. The van der Waals surface area contributed by atoms with E-state index in [0.29, 0.717) is 6.04 Å². The maximum atomic E-state index is 5.58. The lowest BCUT2D eigenvalue weighted by atomic mass is 9.99. The Kier molecular flexibility index (Phi) is 9.29. The molecule has 2 aliphatic rings. The third-order valence-electron chi connectivity index (χ3n) is 5.15. The van der Waals surface area contributed by atoms with Crippen LogP contribution in [0.1, 0.15) is 46.5 Å². The highest BCUT2D eigenvalue weighted by molar-refractivity contribution is 8.00. The second kappa shape index (κ2) is 11.2. The lowest BCUT2D eigenvalue weighted by Crippen LogP contribution is -2.49. The summed E-state index contributed by atoms with van der Waals surface area (Å²) in [7, 11) is 0. The predicted octanol–water partition coefficient (Wildman–Crippen LogP) is 2.88. The van der Waals surface area contributed by atoms with Gasteiger partial charge in [-0.25, -0.2) is 0 Å². The summed E-state index contributed by atoms with van der Waals surface area (Å²) >= 11 is 2.05. The Balaban J connectivity index is 1.89. The first-order valence-corrected chi connectivity index (χ1v) is 11.2. The minimum Gasteiger partial charge on any atom is -0.381 e. The van der Waals surface area contributed by atoms with Crippen molar-refractivity contribution in [2.75, 3.05) is 51.7 Å². The number of hydrogen-bond donors (Lipinski definition) is 2. The van der Waals surface area contributed by atoms with Crippen LogP contribution in [-0.2, 0) is 4.74 Å². The molecule has 0 spiro atoms. The molecular weight excluding hydrogens is 344 g/mol. The Morgan fingerprint density at radius 2 is 1.96 bits per heavy atom. The van der Waals surface area contributed by atoms with E-state index < -0.39 is 0 Å². The topological polar surface area (TPSA) is 48.9 Å². The molecule has 0 aromatic rings. The number of likely N-dealkylation sites (tertiary alicyclic amines) is 1. The van der Waals surface area contributed by atoms with E-state index in [0.717, 1.165) is 70.5 Å². The summed E-state index contributed by atoms with van der Waals surface area (Å²) in [6.45, 7) is 17.3. The molecule has 150 valence electrons. The maximum absolute atomic E-state index is 5.58. The molecule has 2 fully saturated rings. The molecule has 0 aliphatic carbocycles. The molecule has 0 amide bonds. The van der Waals surface area contributed by atoms with Crippen LogP contribution in [-0.4, -0.2) is 73.3 Å². The summed E-state index contributed by atoms with van der Waals surface area (Å²) in [4.78, 5) is 7.48. The summed E-state index contributed by atoms with van der Waals surface area (Å²) < 4.78 is 5.83. The van der Waals surface area contributed by atoms with Crippen molar-refractivity contribution in [2.45, 2.75) is 57.2 Å². The van der Waals surface area contributed by atoms with E-state index >= 15 is 0 Å². The Bertz CT molecular complexity index is 449. The summed E-state index contributed by atoms with van der Waals surface area (Å²) in [5.74, 6) is 2.12. The monoisotopic (exact) mass is 382 g/mol. The van der Waals surface area contributed by atoms with Gasteiger partial charge in [0.05, 0.1) is 6.54 Å². The minimum absolute atomic E-state index is 0.250. The van der Waals surface area contributed by atoms with Gasteiger partial charge in [0.2, 0.25) is 0 Å². The van der Waals surface area contributed by atoms with E-state index in [9.17, 15) is 0 Å². The van der Waals surface area contributed by atoms with Gasteiger partial charge in [0.25, 0.3) is 0 Å². The van der Waals surface area contributed by atoms with Gasteiger partial charge in [-0.1, -0.05) is 19.1 Å². The van der Waals surface area contributed by atoms with Gasteiger partial charge < -0.3 is 15.4 Å². The maximum Gasteiger partial charge on any atom is 0.191 e. The summed E-state index contributed by atoms with van der Waals surface area (Å²) in [6, 6.07) is 0.513. The third-order valence-corrected chi connectivity index (χ3v) is 6.58.